The van der Waals surface area contributed by atoms with Gasteiger partial charge in [0, 0.05) is 6.20 Å². The van der Waals surface area contributed by atoms with Crippen molar-refractivity contribution in [2.24, 2.45) is 0 Å². The van der Waals surface area contributed by atoms with Crippen molar-refractivity contribution in [2.75, 3.05) is 6.61 Å². The summed E-state index contributed by atoms with van der Waals surface area (Å²) in [4.78, 5) is 17.6. The minimum Gasteiger partial charge on any atom is -0.485 e. The highest BCUT2D eigenvalue weighted by Crippen LogP contribution is 2.30. The molecule has 24 heavy (non-hydrogen) atoms. The Labute approximate surface area is 142 Å². The van der Waals surface area contributed by atoms with E-state index in [1.165, 1.54) is 12.1 Å². The Kier molecular flexibility index (Phi) is 4.56. The lowest BCUT2D eigenvalue weighted by Gasteiger charge is -2.25. The molecule has 1 aliphatic rings. The molecule has 0 unspecified atom stereocenters. The number of fused-ring (bicyclic) bond motifs is 1. The SMILES string of the molecule is O=C(NNS(=O)(=O)c1ccc(Cl)nc1)[C@H]1COc2ccccc2O1. The van der Waals surface area contributed by atoms with Crippen LogP contribution in [0.2, 0.25) is 5.15 Å². The van der Waals surface area contributed by atoms with Crippen molar-refractivity contribution in [3.63, 3.8) is 0 Å². The Hall–Kier alpha value is -2.36. The first-order valence-corrected chi connectivity index (χ1v) is 8.63. The quantitative estimate of drug-likeness (QED) is 0.612. The first-order chi connectivity index (χ1) is 11.5. The zero-order chi connectivity index (χ0) is 17.2. The number of halogens is 1. The number of ether oxygens (including phenoxy) is 2. The zero-order valence-electron chi connectivity index (χ0n) is 12.1. The molecular formula is C14H12ClN3O5S. The van der Waals surface area contributed by atoms with Crippen LogP contribution in [-0.2, 0) is 14.8 Å². The van der Waals surface area contributed by atoms with Crippen LogP contribution in [0.3, 0.4) is 0 Å². The van der Waals surface area contributed by atoms with Gasteiger partial charge in [-0.15, -0.1) is 4.83 Å². The van der Waals surface area contributed by atoms with Crippen molar-refractivity contribution in [3.05, 3.63) is 47.7 Å². The molecule has 0 bridgehead atoms. The number of carbonyl (C=O) groups excluding carboxylic acids is 1. The number of hydrogen-bond acceptors (Lipinski definition) is 6. The second-order valence-corrected chi connectivity index (χ2v) is 6.85. The molecule has 0 fully saturated rings. The van der Waals surface area contributed by atoms with Crippen molar-refractivity contribution >= 4 is 27.5 Å². The van der Waals surface area contributed by atoms with Crippen LogP contribution < -0.4 is 19.7 Å². The summed E-state index contributed by atoms with van der Waals surface area (Å²) in [5, 5.41) is 0.157. The van der Waals surface area contributed by atoms with Crippen molar-refractivity contribution in [1.29, 1.82) is 0 Å². The minimum atomic E-state index is -3.97. The Bertz CT molecular complexity index is 857. The van der Waals surface area contributed by atoms with Crippen LogP contribution in [0.5, 0.6) is 11.5 Å². The number of hydrazine groups is 1. The van der Waals surface area contributed by atoms with Crippen molar-refractivity contribution in [1.82, 2.24) is 15.2 Å². The maximum atomic E-state index is 12.1. The first-order valence-electron chi connectivity index (χ1n) is 6.77. The molecule has 2 aromatic rings. The highest BCUT2D eigenvalue weighted by atomic mass is 35.5. The van der Waals surface area contributed by atoms with Crippen LogP contribution in [0.25, 0.3) is 0 Å². The second kappa shape index (κ2) is 6.63. The molecule has 2 N–H and O–H groups in total. The number of rotatable bonds is 4. The maximum Gasteiger partial charge on any atom is 0.279 e. The van der Waals surface area contributed by atoms with E-state index in [-0.39, 0.29) is 16.7 Å². The van der Waals surface area contributed by atoms with Gasteiger partial charge in [-0.2, -0.15) is 0 Å². The fourth-order valence-electron chi connectivity index (χ4n) is 1.93. The minimum absolute atomic E-state index is 0.0346. The predicted octanol–water partition coefficient (Wildman–Crippen LogP) is 0.884. The van der Waals surface area contributed by atoms with Crippen molar-refractivity contribution in [3.8, 4) is 11.5 Å². The molecule has 1 aliphatic heterocycles. The third-order valence-corrected chi connectivity index (χ3v) is 4.58. The number of aromatic nitrogens is 1. The summed E-state index contributed by atoms with van der Waals surface area (Å²) in [6.45, 7) is -0.0346. The molecule has 0 radical (unpaired) electrons. The second-order valence-electron chi connectivity index (χ2n) is 4.78. The van der Waals surface area contributed by atoms with Gasteiger partial charge in [0.15, 0.2) is 11.5 Å². The summed E-state index contributed by atoms with van der Waals surface area (Å²) in [6.07, 6.45) is 0.0961. The standard InChI is InChI=1S/C14H12ClN3O5S/c15-13-6-5-9(7-16-13)24(20,21)18-17-14(19)12-8-22-10-3-1-2-4-11(10)23-12/h1-7,12,18H,8H2,(H,17,19)/t12-/m1/s1. The molecule has 0 saturated carbocycles. The average Bonchev–Trinajstić information content (AvgIpc) is 2.59. The van der Waals surface area contributed by atoms with Gasteiger partial charge in [-0.1, -0.05) is 23.7 Å². The van der Waals surface area contributed by atoms with Gasteiger partial charge < -0.3 is 9.47 Å². The third-order valence-electron chi connectivity index (χ3n) is 3.12. The molecule has 126 valence electrons. The summed E-state index contributed by atoms with van der Waals surface area (Å²) in [5.74, 6) is 0.248. The van der Waals surface area contributed by atoms with Crippen LogP contribution in [0.15, 0.2) is 47.5 Å². The fraction of sp³-hybridized carbons (Fsp3) is 0.143. The number of pyridine rings is 1. The molecule has 1 aromatic heterocycles. The van der Waals surface area contributed by atoms with Crippen LogP contribution in [0.4, 0.5) is 0 Å². The van der Waals surface area contributed by atoms with E-state index in [0.29, 0.717) is 11.5 Å². The average molecular weight is 370 g/mol. The number of nitrogens with zero attached hydrogens (tertiary/aromatic N) is 1. The third kappa shape index (κ3) is 3.58. The molecule has 8 nitrogen and oxygen atoms in total. The highest BCUT2D eigenvalue weighted by molar-refractivity contribution is 7.89. The Morgan fingerprint density at radius 3 is 2.67 bits per heavy atom. The van der Waals surface area contributed by atoms with Gasteiger partial charge in [0.1, 0.15) is 16.7 Å². The number of benzene rings is 1. The predicted molar refractivity (Wildman–Crippen MR) is 84.1 cm³/mol. The summed E-state index contributed by atoms with van der Waals surface area (Å²) >= 11 is 5.61. The largest absolute Gasteiger partial charge is 0.485 e. The summed E-state index contributed by atoms with van der Waals surface area (Å²) in [7, 11) is -3.97. The van der Waals surface area contributed by atoms with Gasteiger partial charge >= 0.3 is 0 Å². The van der Waals surface area contributed by atoms with E-state index in [9.17, 15) is 13.2 Å². The summed E-state index contributed by atoms with van der Waals surface area (Å²) in [5.41, 5.74) is 2.09. The first kappa shape index (κ1) is 16.5. The van der Waals surface area contributed by atoms with E-state index >= 15 is 0 Å². The summed E-state index contributed by atoms with van der Waals surface area (Å²) in [6, 6.07) is 9.46. The molecule has 10 heteroatoms. The van der Waals surface area contributed by atoms with Crippen molar-refractivity contribution in [2.45, 2.75) is 11.0 Å². The number of hydrogen-bond donors (Lipinski definition) is 2. The van der Waals surface area contributed by atoms with Crippen LogP contribution in [0.1, 0.15) is 0 Å². The number of carbonyl (C=O) groups is 1. The zero-order valence-corrected chi connectivity index (χ0v) is 13.7. The summed E-state index contributed by atoms with van der Waals surface area (Å²) < 4.78 is 35.0. The maximum absolute atomic E-state index is 12.1. The van der Waals surface area contributed by atoms with Crippen LogP contribution in [0, 0.1) is 0 Å². The molecular weight excluding hydrogens is 358 g/mol. The number of amides is 1. The molecule has 2 heterocycles. The topological polar surface area (TPSA) is 107 Å². The molecule has 0 spiro atoms. The monoisotopic (exact) mass is 369 g/mol. The van der Waals surface area contributed by atoms with Gasteiger partial charge in [0.2, 0.25) is 6.10 Å². The van der Waals surface area contributed by atoms with Gasteiger partial charge in [-0.05, 0) is 24.3 Å². The van der Waals surface area contributed by atoms with Gasteiger partial charge in [-0.25, -0.2) is 13.4 Å². The van der Waals surface area contributed by atoms with Gasteiger partial charge in [0.05, 0.1) is 0 Å². The lowest BCUT2D eigenvalue weighted by molar-refractivity contribution is -0.130. The number of sulfonamides is 1. The lowest BCUT2D eigenvalue weighted by atomic mass is 10.2. The number of para-hydroxylation sites is 2. The van der Waals surface area contributed by atoms with E-state index < -0.39 is 22.0 Å². The van der Waals surface area contributed by atoms with E-state index in [2.05, 4.69) is 10.4 Å². The molecule has 0 saturated heterocycles. The Morgan fingerprint density at radius 1 is 1.21 bits per heavy atom. The molecule has 1 atom stereocenters. The molecule has 3 rings (SSSR count). The fourth-order valence-corrected chi connectivity index (χ4v) is 2.83. The number of nitrogens with one attached hydrogen (secondary N) is 2. The lowest BCUT2D eigenvalue weighted by Crippen LogP contribution is -2.50. The highest BCUT2D eigenvalue weighted by Gasteiger charge is 2.28. The van der Waals surface area contributed by atoms with E-state index in [4.69, 9.17) is 21.1 Å². The van der Waals surface area contributed by atoms with E-state index in [1.54, 1.807) is 24.3 Å². The van der Waals surface area contributed by atoms with Gasteiger partial charge in [-0.3, -0.25) is 10.2 Å². The van der Waals surface area contributed by atoms with Crippen LogP contribution >= 0.6 is 11.6 Å². The van der Waals surface area contributed by atoms with Crippen LogP contribution in [-0.4, -0.2) is 32.0 Å². The van der Waals surface area contributed by atoms with E-state index in [1.807, 2.05) is 4.83 Å². The van der Waals surface area contributed by atoms with Gasteiger partial charge in [0.25, 0.3) is 15.9 Å². The van der Waals surface area contributed by atoms with E-state index in [0.717, 1.165) is 6.20 Å². The smallest absolute Gasteiger partial charge is 0.279 e. The Morgan fingerprint density at radius 2 is 1.96 bits per heavy atom. The molecule has 1 amide bonds. The van der Waals surface area contributed by atoms with Crippen molar-refractivity contribution < 1.29 is 22.7 Å². The molecule has 0 aliphatic carbocycles. The normalized spacial score (nSPS) is 16.5. The molecule has 1 aromatic carbocycles. The Balaban J connectivity index is 1.63.